The molecule has 0 amide bonds. The van der Waals surface area contributed by atoms with Crippen molar-refractivity contribution in [2.75, 3.05) is 0 Å². The van der Waals surface area contributed by atoms with Crippen LogP contribution in [0.2, 0.25) is 0 Å². The molecule has 4 heteroatoms. The highest BCUT2D eigenvalue weighted by molar-refractivity contribution is 5.83. The van der Waals surface area contributed by atoms with Crippen LogP contribution in [0.4, 0.5) is 0 Å². The van der Waals surface area contributed by atoms with Crippen LogP contribution in [0.25, 0.3) is 0 Å². The molecule has 0 aromatic carbocycles. The molecule has 9 unspecified atom stereocenters. The molecule has 5 saturated carbocycles. The highest BCUT2D eigenvalue weighted by atomic mass is 16.3. The molecule has 0 spiro atoms. The van der Waals surface area contributed by atoms with Gasteiger partial charge in [0, 0.05) is 18.3 Å². The lowest BCUT2D eigenvalue weighted by molar-refractivity contribution is -0.130. The molecular formula is C25H34N2O2. The van der Waals surface area contributed by atoms with Crippen molar-refractivity contribution < 1.29 is 9.90 Å². The summed E-state index contributed by atoms with van der Waals surface area (Å²) in [6.45, 7) is 2.43. The molecular weight excluding hydrogens is 360 g/mol. The zero-order valence-electron chi connectivity index (χ0n) is 17.6. The highest BCUT2D eigenvalue weighted by Gasteiger charge is 2.65. The van der Waals surface area contributed by atoms with E-state index in [0.29, 0.717) is 29.9 Å². The van der Waals surface area contributed by atoms with E-state index in [4.69, 9.17) is 0 Å². The molecule has 156 valence electrons. The van der Waals surface area contributed by atoms with Crippen LogP contribution in [0.3, 0.4) is 0 Å². The third-order valence-electron chi connectivity index (χ3n) is 10.3. The minimum atomic E-state index is -0.276. The summed E-state index contributed by atoms with van der Waals surface area (Å²) in [7, 11) is 0. The second-order valence-electron chi connectivity index (χ2n) is 11.3. The minimum absolute atomic E-state index is 0.175. The van der Waals surface area contributed by atoms with Crippen LogP contribution in [-0.4, -0.2) is 26.5 Å². The minimum Gasteiger partial charge on any atom is -0.390 e. The average molecular weight is 395 g/mol. The third-order valence-corrected chi connectivity index (χ3v) is 10.3. The monoisotopic (exact) mass is 394 g/mol. The fourth-order valence-corrected chi connectivity index (χ4v) is 8.91. The number of nitrogens with zero attached hydrogens (tertiary/aromatic N) is 2. The Morgan fingerprint density at radius 3 is 2.41 bits per heavy atom. The number of fused-ring (bicyclic) bond motifs is 7. The molecule has 6 rings (SSSR count). The van der Waals surface area contributed by atoms with Crippen molar-refractivity contribution in [2.24, 2.45) is 46.8 Å². The summed E-state index contributed by atoms with van der Waals surface area (Å²) < 4.78 is 0. The van der Waals surface area contributed by atoms with Crippen molar-refractivity contribution >= 4 is 5.78 Å². The van der Waals surface area contributed by atoms with E-state index in [9.17, 15) is 9.90 Å². The topological polar surface area (TPSA) is 63.1 Å². The highest BCUT2D eigenvalue weighted by Crippen LogP contribution is 2.68. The van der Waals surface area contributed by atoms with Gasteiger partial charge in [0.25, 0.3) is 0 Å². The Bertz CT molecular complexity index is 812. The van der Waals surface area contributed by atoms with E-state index in [2.05, 4.69) is 16.9 Å². The van der Waals surface area contributed by atoms with Gasteiger partial charge in [-0.1, -0.05) is 6.92 Å². The molecule has 1 N–H and O–H groups in total. The van der Waals surface area contributed by atoms with Crippen molar-refractivity contribution in [3.8, 4) is 0 Å². The number of hydrogen-bond acceptors (Lipinski definition) is 4. The molecule has 0 bridgehead atoms. The molecule has 4 nitrogen and oxygen atoms in total. The Kier molecular flexibility index (Phi) is 4.05. The SMILES string of the molecule is CC12CCC3C4CCC5(O)CC5C4CCC3C1CCC2C(=O)Cc1ncccn1. The Morgan fingerprint density at radius 1 is 0.966 bits per heavy atom. The van der Waals surface area contributed by atoms with Crippen LogP contribution in [-0.2, 0) is 11.2 Å². The number of ketones is 1. The van der Waals surface area contributed by atoms with Crippen molar-refractivity contribution in [1.29, 1.82) is 0 Å². The number of carbonyl (C=O) groups excluding carboxylic acids is 1. The van der Waals surface area contributed by atoms with Crippen molar-refractivity contribution in [3.63, 3.8) is 0 Å². The Labute approximate surface area is 173 Å². The Hall–Kier alpha value is -1.29. The van der Waals surface area contributed by atoms with Crippen molar-refractivity contribution in [3.05, 3.63) is 24.3 Å². The molecule has 5 fully saturated rings. The van der Waals surface area contributed by atoms with Gasteiger partial charge < -0.3 is 5.11 Å². The van der Waals surface area contributed by atoms with Gasteiger partial charge in [0.15, 0.2) is 0 Å². The van der Waals surface area contributed by atoms with E-state index in [1.54, 1.807) is 12.4 Å². The summed E-state index contributed by atoms with van der Waals surface area (Å²) in [5.41, 5.74) is -0.101. The molecule has 0 saturated heterocycles. The summed E-state index contributed by atoms with van der Waals surface area (Å²) in [6.07, 6.45) is 14.7. The summed E-state index contributed by atoms with van der Waals surface area (Å²) in [5.74, 6) is 5.86. The summed E-state index contributed by atoms with van der Waals surface area (Å²) in [5, 5.41) is 10.6. The molecule has 29 heavy (non-hydrogen) atoms. The van der Waals surface area contributed by atoms with Crippen LogP contribution in [0.5, 0.6) is 0 Å². The molecule has 0 aliphatic heterocycles. The quantitative estimate of drug-likeness (QED) is 0.834. The largest absolute Gasteiger partial charge is 0.390 e. The van der Waals surface area contributed by atoms with Gasteiger partial charge in [-0.25, -0.2) is 9.97 Å². The number of aromatic nitrogens is 2. The summed E-state index contributed by atoms with van der Waals surface area (Å²) in [4.78, 5) is 21.8. The van der Waals surface area contributed by atoms with E-state index in [1.807, 2.05) is 6.07 Å². The van der Waals surface area contributed by atoms with Crippen LogP contribution >= 0.6 is 0 Å². The number of Topliss-reactive ketones (excluding diaryl/α,β-unsaturated/α-hetero) is 1. The molecule has 1 aromatic heterocycles. The van der Waals surface area contributed by atoms with Crippen molar-refractivity contribution in [1.82, 2.24) is 9.97 Å². The van der Waals surface area contributed by atoms with E-state index in [-0.39, 0.29) is 16.9 Å². The molecule has 0 radical (unpaired) electrons. The van der Waals surface area contributed by atoms with Gasteiger partial charge >= 0.3 is 0 Å². The first kappa shape index (κ1) is 18.5. The maximum absolute atomic E-state index is 13.2. The lowest BCUT2D eigenvalue weighted by Gasteiger charge is -2.56. The second-order valence-corrected chi connectivity index (χ2v) is 11.3. The standard InChI is InChI=1S/C25H34N2O2/c1-24-9-7-15-16-8-10-25(29)14-21(25)18(16)4-3-17(15)19(24)5-6-20(24)22(28)13-23-26-11-2-12-27-23/h2,11-12,15-21,29H,3-10,13-14H2,1H3. The Balaban J connectivity index is 1.20. The Morgan fingerprint density at radius 2 is 1.66 bits per heavy atom. The van der Waals surface area contributed by atoms with E-state index >= 15 is 0 Å². The van der Waals surface area contributed by atoms with Gasteiger partial charge in [0.05, 0.1) is 12.0 Å². The lowest BCUT2D eigenvalue weighted by Crippen LogP contribution is -2.50. The van der Waals surface area contributed by atoms with Gasteiger partial charge in [0.2, 0.25) is 0 Å². The fourth-order valence-electron chi connectivity index (χ4n) is 8.91. The maximum atomic E-state index is 13.2. The van der Waals surface area contributed by atoms with Gasteiger partial charge in [-0.3, -0.25) is 4.79 Å². The molecule has 9 atom stereocenters. The van der Waals surface area contributed by atoms with E-state index in [0.717, 1.165) is 42.9 Å². The number of carbonyl (C=O) groups is 1. The first-order valence-corrected chi connectivity index (χ1v) is 12.0. The fraction of sp³-hybridized carbons (Fsp3) is 0.800. The van der Waals surface area contributed by atoms with Crippen LogP contribution in [0.15, 0.2) is 18.5 Å². The van der Waals surface area contributed by atoms with E-state index < -0.39 is 0 Å². The zero-order chi connectivity index (χ0) is 19.8. The van der Waals surface area contributed by atoms with Crippen LogP contribution in [0, 0.1) is 46.8 Å². The van der Waals surface area contributed by atoms with Gasteiger partial charge in [-0.15, -0.1) is 0 Å². The second kappa shape index (κ2) is 6.35. The molecule has 5 aliphatic rings. The lowest BCUT2D eigenvalue weighted by atomic mass is 9.49. The molecule has 1 aromatic rings. The van der Waals surface area contributed by atoms with Gasteiger partial charge in [-0.2, -0.15) is 0 Å². The number of hydrogen-bond donors (Lipinski definition) is 1. The first-order valence-electron chi connectivity index (χ1n) is 12.0. The smallest absolute Gasteiger partial charge is 0.144 e. The van der Waals surface area contributed by atoms with Gasteiger partial charge in [0.1, 0.15) is 11.6 Å². The third kappa shape index (κ3) is 2.70. The summed E-state index contributed by atoms with van der Waals surface area (Å²) >= 11 is 0. The average Bonchev–Trinajstić information content (AvgIpc) is 3.29. The molecule has 1 heterocycles. The zero-order valence-corrected chi connectivity index (χ0v) is 17.6. The predicted octanol–water partition coefficient (Wildman–Crippen LogP) is 4.22. The normalized spacial score (nSPS) is 50.1. The van der Waals surface area contributed by atoms with E-state index in [1.165, 1.54) is 38.5 Å². The first-order chi connectivity index (χ1) is 14.0. The molecule has 5 aliphatic carbocycles. The van der Waals surface area contributed by atoms with Crippen molar-refractivity contribution in [2.45, 2.75) is 76.7 Å². The van der Waals surface area contributed by atoms with Crippen LogP contribution in [0.1, 0.15) is 70.5 Å². The number of rotatable bonds is 3. The van der Waals surface area contributed by atoms with Crippen LogP contribution < -0.4 is 0 Å². The number of aliphatic hydroxyl groups is 1. The maximum Gasteiger partial charge on any atom is 0.144 e. The summed E-state index contributed by atoms with van der Waals surface area (Å²) in [6, 6.07) is 1.81. The predicted molar refractivity (Wildman–Crippen MR) is 110 cm³/mol. The van der Waals surface area contributed by atoms with Gasteiger partial charge in [-0.05, 0) is 105 Å².